The highest BCUT2D eigenvalue weighted by Gasteiger charge is 2.28. The molecule has 0 saturated heterocycles. The van der Waals surface area contributed by atoms with Crippen molar-refractivity contribution in [1.29, 1.82) is 0 Å². The summed E-state index contributed by atoms with van der Waals surface area (Å²) in [4.78, 5) is 12.6. The summed E-state index contributed by atoms with van der Waals surface area (Å²) in [5.41, 5.74) is 0. The Bertz CT molecular complexity index is 777. The number of aliphatic hydroxyl groups excluding tert-OH is 2. The summed E-state index contributed by atoms with van der Waals surface area (Å²) in [7, 11) is -4.40. The molecule has 3 atom stereocenters. The zero-order valence-corrected chi connectivity index (χ0v) is 31.9. The van der Waals surface area contributed by atoms with Crippen molar-refractivity contribution in [1.82, 2.24) is 5.32 Å². The van der Waals surface area contributed by atoms with Crippen LogP contribution in [0.4, 0.5) is 0 Å². The second-order valence-electron chi connectivity index (χ2n) is 14.4. The predicted octanol–water partition coefficient (Wildman–Crippen LogP) is 10.6. The molecule has 0 aromatic rings. The highest BCUT2D eigenvalue weighted by atomic mass is 32.2. The van der Waals surface area contributed by atoms with E-state index in [0.717, 1.165) is 44.9 Å². The molecule has 0 rings (SSSR count). The first-order valence-electron chi connectivity index (χ1n) is 20.3. The fourth-order valence-electron chi connectivity index (χ4n) is 6.52. The van der Waals surface area contributed by atoms with Gasteiger partial charge in [-0.15, -0.1) is 0 Å². The molecule has 0 aliphatic rings. The minimum atomic E-state index is -4.40. The van der Waals surface area contributed by atoms with E-state index in [4.69, 9.17) is 0 Å². The number of unbranched alkanes of at least 4 members (excludes halogenated alkanes) is 28. The van der Waals surface area contributed by atoms with Crippen LogP contribution in [0.2, 0.25) is 0 Å². The van der Waals surface area contributed by atoms with Crippen LogP contribution in [0.3, 0.4) is 0 Å². The standard InChI is InChI=1S/C39H79NO6S/c1-3-5-7-9-11-13-15-17-18-19-20-21-22-24-25-27-29-31-33-37(41)36(35-47(44,45)46)40-39(43)38(42)34-32-30-28-26-23-16-14-12-10-8-6-4-2/h36-38,41-42H,3-35H2,1-2H3,(H,40,43)(H,44,45,46). The molecule has 3 unspecified atom stereocenters. The van der Waals surface area contributed by atoms with E-state index in [2.05, 4.69) is 19.2 Å². The van der Waals surface area contributed by atoms with Crippen molar-refractivity contribution < 1.29 is 28.0 Å². The molecule has 0 aliphatic heterocycles. The molecule has 0 aromatic heterocycles. The number of hydrogen-bond donors (Lipinski definition) is 4. The van der Waals surface area contributed by atoms with Crippen LogP contribution in [0.1, 0.15) is 219 Å². The molecular formula is C39H79NO6S. The maximum atomic E-state index is 12.6. The first-order chi connectivity index (χ1) is 22.7. The SMILES string of the molecule is CCCCCCCCCCCCCCCCCCCCC(O)C(CS(=O)(=O)O)NC(=O)C(O)CCCCCCCCCCCCCC. The molecule has 0 radical (unpaired) electrons. The Labute approximate surface area is 292 Å². The maximum Gasteiger partial charge on any atom is 0.266 e. The van der Waals surface area contributed by atoms with Gasteiger partial charge in [-0.3, -0.25) is 9.35 Å². The van der Waals surface area contributed by atoms with Crippen LogP contribution in [0.15, 0.2) is 0 Å². The van der Waals surface area contributed by atoms with Gasteiger partial charge in [-0.2, -0.15) is 8.42 Å². The lowest BCUT2D eigenvalue weighted by atomic mass is 10.0. The fraction of sp³-hybridized carbons (Fsp3) is 0.974. The van der Waals surface area contributed by atoms with E-state index in [1.165, 1.54) is 148 Å². The number of rotatable bonds is 37. The molecule has 7 nitrogen and oxygen atoms in total. The highest BCUT2D eigenvalue weighted by molar-refractivity contribution is 7.85. The minimum absolute atomic E-state index is 0.303. The van der Waals surface area contributed by atoms with E-state index in [1.54, 1.807) is 0 Å². The zero-order valence-electron chi connectivity index (χ0n) is 31.0. The van der Waals surface area contributed by atoms with E-state index in [1.807, 2.05) is 0 Å². The van der Waals surface area contributed by atoms with Crippen molar-refractivity contribution in [2.75, 3.05) is 5.75 Å². The third kappa shape index (κ3) is 33.6. The zero-order chi connectivity index (χ0) is 34.9. The van der Waals surface area contributed by atoms with Gasteiger partial charge in [0.1, 0.15) is 6.10 Å². The smallest absolute Gasteiger partial charge is 0.266 e. The maximum absolute atomic E-state index is 12.6. The fourth-order valence-corrected chi connectivity index (χ4v) is 7.28. The molecule has 0 bridgehead atoms. The summed E-state index contributed by atoms with van der Waals surface area (Å²) >= 11 is 0. The third-order valence-corrected chi connectivity index (χ3v) is 10.4. The Hall–Kier alpha value is -0.700. The van der Waals surface area contributed by atoms with Gasteiger partial charge < -0.3 is 15.5 Å². The largest absolute Gasteiger partial charge is 0.391 e. The monoisotopic (exact) mass is 690 g/mol. The van der Waals surface area contributed by atoms with Gasteiger partial charge in [-0.05, 0) is 12.8 Å². The number of nitrogens with one attached hydrogen (secondary N) is 1. The second-order valence-corrected chi connectivity index (χ2v) is 15.9. The number of carbonyl (C=O) groups excluding carboxylic acids is 1. The van der Waals surface area contributed by atoms with Crippen LogP contribution >= 0.6 is 0 Å². The van der Waals surface area contributed by atoms with Crippen molar-refractivity contribution in [3.05, 3.63) is 0 Å². The van der Waals surface area contributed by atoms with Crippen molar-refractivity contribution in [2.45, 2.75) is 238 Å². The normalized spacial score (nSPS) is 13.9. The third-order valence-electron chi connectivity index (χ3n) is 9.67. The molecule has 4 N–H and O–H groups in total. The van der Waals surface area contributed by atoms with Crippen LogP contribution < -0.4 is 5.32 Å². The van der Waals surface area contributed by atoms with E-state index < -0.39 is 40.0 Å². The molecule has 47 heavy (non-hydrogen) atoms. The van der Waals surface area contributed by atoms with E-state index >= 15 is 0 Å². The summed E-state index contributed by atoms with van der Waals surface area (Å²) < 4.78 is 32.5. The van der Waals surface area contributed by atoms with Crippen molar-refractivity contribution in [3.8, 4) is 0 Å². The average molecular weight is 690 g/mol. The Balaban J connectivity index is 3.94. The highest BCUT2D eigenvalue weighted by Crippen LogP contribution is 2.17. The van der Waals surface area contributed by atoms with Crippen LogP contribution in [0, 0.1) is 0 Å². The van der Waals surface area contributed by atoms with Gasteiger partial charge in [0.2, 0.25) is 5.91 Å². The lowest BCUT2D eigenvalue weighted by Crippen LogP contribution is -2.50. The van der Waals surface area contributed by atoms with Gasteiger partial charge >= 0.3 is 0 Å². The Morgan fingerprint density at radius 2 is 0.766 bits per heavy atom. The minimum Gasteiger partial charge on any atom is -0.391 e. The molecule has 282 valence electrons. The molecule has 0 aliphatic carbocycles. The quantitative estimate of drug-likeness (QED) is 0.0380. The average Bonchev–Trinajstić information content (AvgIpc) is 3.03. The number of aliphatic hydroxyl groups is 2. The Kier molecular flexibility index (Phi) is 33.3. The molecule has 0 saturated carbocycles. The van der Waals surface area contributed by atoms with E-state index in [-0.39, 0.29) is 0 Å². The van der Waals surface area contributed by atoms with Gasteiger partial charge in [0.25, 0.3) is 10.1 Å². The van der Waals surface area contributed by atoms with Gasteiger partial charge in [0.15, 0.2) is 0 Å². The van der Waals surface area contributed by atoms with Crippen LogP contribution in [-0.4, -0.2) is 53.1 Å². The molecule has 0 spiro atoms. The molecule has 0 heterocycles. The first kappa shape index (κ1) is 46.3. The number of carbonyl (C=O) groups is 1. The summed E-state index contributed by atoms with van der Waals surface area (Å²) in [5, 5.41) is 23.5. The lowest BCUT2D eigenvalue weighted by Gasteiger charge is -2.24. The van der Waals surface area contributed by atoms with E-state index in [0.29, 0.717) is 12.8 Å². The van der Waals surface area contributed by atoms with Crippen LogP contribution in [-0.2, 0) is 14.9 Å². The summed E-state index contributed by atoms with van der Waals surface area (Å²) in [6, 6.07) is -1.14. The van der Waals surface area contributed by atoms with Gasteiger partial charge in [0, 0.05) is 0 Å². The second kappa shape index (κ2) is 33.8. The molecule has 1 amide bonds. The first-order valence-corrected chi connectivity index (χ1v) is 21.9. The Morgan fingerprint density at radius 1 is 0.489 bits per heavy atom. The Morgan fingerprint density at radius 3 is 1.06 bits per heavy atom. The summed E-state index contributed by atoms with van der Waals surface area (Å²) in [6.07, 6.45) is 35.5. The number of amides is 1. The molecule has 8 heteroatoms. The van der Waals surface area contributed by atoms with Crippen LogP contribution in [0.5, 0.6) is 0 Å². The molecular weight excluding hydrogens is 610 g/mol. The van der Waals surface area contributed by atoms with Gasteiger partial charge in [-0.25, -0.2) is 0 Å². The van der Waals surface area contributed by atoms with Crippen LogP contribution in [0.25, 0.3) is 0 Å². The number of hydrogen-bond acceptors (Lipinski definition) is 5. The molecule has 0 fully saturated rings. The van der Waals surface area contributed by atoms with Gasteiger partial charge in [0.05, 0.1) is 17.9 Å². The lowest BCUT2D eigenvalue weighted by molar-refractivity contribution is -0.131. The van der Waals surface area contributed by atoms with Crippen molar-refractivity contribution in [3.63, 3.8) is 0 Å². The topological polar surface area (TPSA) is 124 Å². The van der Waals surface area contributed by atoms with Gasteiger partial charge in [-0.1, -0.05) is 206 Å². The summed E-state index contributed by atoms with van der Waals surface area (Å²) in [5.74, 6) is -1.44. The van der Waals surface area contributed by atoms with Crippen molar-refractivity contribution >= 4 is 16.0 Å². The predicted molar refractivity (Wildman–Crippen MR) is 199 cm³/mol. The molecule has 0 aromatic carbocycles. The van der Waals surface area contributed by atoms with E-state index in [9.17, 15) is 28.0 Å². The summed E-state index contributed by atoms with van der Waals surface area (Å²) in [6.45, 7) is 4.50. The van der Waals surface area contributed by atoms with Crippen molar-refractivity contribution in [2.24, 2.45) is 0 Å².